The SMILES string of the molecule is C#CCOc1c(Cl)cc(C=NNC(=O)CC(=O)Nc2ccccc2F)cc1OCC. The highest BCUT2D eigenvalue weighted by atomic mass is 35.5. The molecule has 0 aliphatic carbocycles. The van der Waals surface area contributed by atoms with Gasteiger partial charge in [0.1, 0.15) is 18.8 Å². The lowest BCUT2D eigenvalue weighted by Crippen LogP contribution is -2.24. The first-order chi connectivity index (χ1) is 14.4. The molecule has 0 bridgehead atoms. The first-order valence-corrected chi connectivity index (χ1v) is 9.21. The van der Waals surface area contributed by atoms with Gasteiger partial charge in [0, 0.05) is 0 Å². The molecular formula is C21H19ClFN3O4. The Morgan fingerprint density at radius 2 is 2.03 bits per heavy atom. The molecule has 0 aliphatic rings. The van der Waals surface area contributed by atoms with Crippen molar-refractivity contribution >= 4 is 35.3 Å². The minimum absolute atomic E-state index is 0.0101. The third kappa shape index (κ3) is 6.79. The van der Waals surface area contributed by atoms with Gasteiger partial charge in [-0.3, -0.25) is 9.59 Å². The van der Waals surface area contributed by atoms with Crippen LogP contribution in [0.15, 0.2) is 41.5 Å². The summed E-state index contributed by atoms with van der Waals surface area (Å²) < 4.78 is 24.4. The minimum atomic E-state index is -0.676. The molecule has 0 atom stereocenters. The lowest BCUT2D eigenvalue weighted by atomic mass is 10.2. The number of ether oxygens (including phenoxy) is 2. The number of benzene rings is 2. The summed E-state index contributed by atoms with van der Waals surface area (Å²) in [5.74, 6) is 1.08. The molecule has 0 saturated carbocycles. The van der Waals surface area contributed by atoms with Gasteiger partial charge in [-0.1, -0.05) is 29.7 Å². The number of para-hydroxylation sites is 1. The summed E-state index contributed by atoms with van der Waals surface area (Å²) in [6, 6.07) is 8.81. The first-order valence-electron chi connectivity index (χ1n) is 8.83. The second kappa shape index (κ2) is 11.4. The van der Waals surface area contributed by atoms with Crippen LogP contribution < -0.4 is 20.2 Å². The van der Waals surface area contributed by atoms with Crippen molar-refractivity contribution in [2.24, 2.45) is 5.10 Å². The van der Waals surface area contributed by atoms with Crippen LogP contribution in [0, 0.1) is 18.2 Å². The number of amides is 2. The van der Waals surface area contributed by atoms with Gasteiger partial charge in [0.15, 0.2) is 11.5 Å². The fourth-order valence-corrected chi connectivity index (χ4v) is 2.57. The maximum absolute atomic E-state index is 13.5. The van der Waals surface area contributed by atoms with Crippen molar-refractivity contribution in [3.63, 3.8) is 0 Å². The number of hydrogen-bond acceptors (Lipinski definition) is 5. The Morgan fingerprint density at radius 3 is 2.73 bits per heavy atom. The van der Waals surface area contributed by atoms with E-state index in [0.717, 1.165) is 0 Å². The van der Waals surface area contributed by atoms with Gasteiger partial charge < -0.3 is 14.8 Å². The van der Waals surface area contributed by atoms with E-state index >= 15 is 0 Å². The molecule has 0 radical (unpaired) electrons. The van der Waals surface area contributed by atoms with Gasteiger partial charge in [-0.2, -0.15) is 5.10 Å². The Labute approximate surface area is 178 Å². The molecule has 2 amide bonds. The number of halogens is 2. The number of hydrazone groups is 1. The van der Waals surface area contributed by atoms with E-state index in [-0.39, 0.29) is 17.3 Å². The van der Waals surface area contributed by atoms with Crippen LogP contribution in [0.1, 0.15) is 18.9 Å². The molecule has 0 spiro atoms. The molecule has 0 unspecified atom stereocenters. The largest absolute Gasteiger partial charge is 0.490 e. The quantitative estimate of drug-likeness (QED) is 0.276. The number of nitrogens with zero attached hydrogens (tertiary/aromatic N) is 1. The van der Waals surface area contributed by atoms with Crippen molar-refractivity contribution in [2.45, 2.75) is 13.3 Å². The van der Waals surface area contributed by atoms with Gasteiger partial charge in [-0.15, -0.1) is 6.42 Å². The van der Waals surface area contributed by atoms with Gasteiger partial charge in [0.2, 0.25) is 11.8 Å². The smallest absolute Gasteiger partial charge is 0.249 e. The number of nitrogens with one attached hydrogen (secondary N) is 2. The van der Waals surface area contributed by atoms with Crippen LogP contribution in [0.5, 0.6) is 11.5 Å². The maximum Gasteiger partial charge on any atom is 0.249 e. The molecule has 0 saturated heterocycles. The molecule has 2 aromatic carbocycles. The van der Waals surface area contributed by atoms with E-state index in [9.17, 15) is 14.0 Å². The molecule has 9 heteroatoms. The molecule has 0 aliphatic heterocycles. The van der Waals surface area contributed by atoms with Crippen molar-refractivity contribution in [1.82, 2.24) is 5.43 Å². The predicted molar refractivity (Wildman–Crippen MR) is 112 cm³/mol. The number of anilines is 1. The van der Waals surface area contributed by atoms with Crippen molar-refractivity contribution < 1.29 is 23.5 Å². The van der Waals surface area contributed by atoms with Crippen LogP contribution in [0.25, 0.3) is 0 Å². The summed E-state index contributed by atoms with van der Waals surface area (Å²) in [5, 5.41) is 6.36. The summed E-state index contributed by atoms with van der Waals surface area (Å²) >= 11 is 6.20. The third-order valence-electron chi connectivity index (χ3n) is 3.50. The fourth-order valence-electron chi connectivity index (χ4n) is 2.30. The maximum atomic E-state index is 13.5. The fraction of sp³-hybridized carbons (Fsp3) is 0.190. The standard InChI is InChI=1S/C21H19ClFN3O4/c1-3-9-30-21-15(22)10-14(11-18(21)29-4-2)13-24-26-20(28)12-19(27)25-17-8-6-5-7-16(17)23/h1,5-8,10-11,13H,4,9,12H2,2H3,(H,25,27)(H,26,28). The second-order valence-corrected chi connectivity index (χ2v) is 6.16. The van der Waals surface area contributed by atoms with Crippen molar-refractivity contribution in [2.75, 3.05) is 18.5 Å². The van der Waals surface area contributed by atoms with Crippen molar-refractivity contribution in [1.29, 1.82) is 0 Å². The molecule has 0 heterocycles. The van der Waals surface area contributed by atoms with E-state index in [1.807, 2.05) is 0 Å². The average Bonchev–Trinajstić information content (AvgIpc) is 2.69. The summed E-state index contributed by atoms with van der Waals surface area (Å²) in [6.45, 7) is 2.20. The molecule has 7 nitrogen and oxygen atoms in total. The zero-order chi connectivity index (χ0) is 21.9. The van der Waals surface area contributed by atoms with Gasteiger partial charge in [-0.25, -0.2) is 9.82 Å². The molecule has 30 heavy (non-hydrogen) atoms. The molecule has 0 aromatic heterocycles. The average molecular weight is 432 g/mol. The number of rotatable bonds is 9. The first kappa shape index (κ1) is 22.7. The van der Waals surface area contributed by atoms with E-state index < -0.39 is 24.1 Å². The summed E-state index contributed by atoms with van der Waals surface area (Å²) in [6.07, 6.45) is 5.99. The lowest BCUT2D eigenvalue weighted by molar-refractivity contribution is -0.126. The zero-order valence-corrected chi connectivity index (χ0v) is 16.8. The number of terminal acetylenes is 1. The van der Waals surface area contributed by atoms with Crippen LogP contribution in [0.3, 0.4) is 0 Å². The summed E-state index contributed by atoms with van der Waals surface area (Å²) in [7, 11) is 0. The van der Waals surface area contributed by atoms with E-state index in [2.05, 4.69) is 21.8 Å². The number of carbonyl (C=O) groups excluding carboxylic acids is 2. The van der Waals surface area contributed by atoms with Crippen LogP contribution in [-0.2, 0) is 9.59 Å². The van der Waals surface area contributed by atoms with Crippen LogP contribution >= 0.6 is 11.6 Å². The minimum Gasteiger partial charge on any atom is -0.490 e. The lowest BCUT2D eigenvalue weighted by Gasteiger charge is -2.12. The summed E-state index contributed by atoms with van der Waals surface area (Å²) in [5.41, 5.74) is 2.73. The molecule has 0 fully saturated rings. The topological polar surface area (TPSA) is 89.0 Å². The van der Waals surface area contributed by atoms with E-state index in [4.69, 9.17) is 27.5 Å². The number of carbonyl (C=O) groups is 2. The molecule has 156 valence electrons. The molecule has 2 rings (SSSR count). The second-order valence-electron chi connectivity index (χ2n) is 5.75. The molecule has 2 aromatic rings. The van der Waals surface area contributed by atoms with E-state index in [1.54, 1.807) is 25.1 Å². The van der Waals surface area contributed by atoms with Gasteiger partial charge in [-0.05, 0) is 36.8 Å². The highest BCUT2D eigenvalue weighted by molar-refractivity contribution is 6.32. The summed E-state index contributed by atoms with van der Waals surface area (Å²) in [4.78, 5) is 23.7. The van der Waals surface area contributed by atoms with Crippen LogP contribution in [-0.4, -0.2) is 31.2 Å². The molecule has 2 N–H and O–H groups in total. The normalized spacial score (nSPS) is 10.3. The zero-order valence-electron chi connectivity index (χ0n) is 16.1. The Balaban J connectivity index is 1.97. The van der Waals surface area contributed by atoms with Gasteiger partial charge in [0.25, 0.3) is 0 Å². The Hall–Kier alpha value is -3.57. The highest BCUT2D eigenvalue weighted by Crippen LogP contribution is 2.36. The van der Waals surface area contributed by atoms with Crippen molar-refractivity contribution in [3.05, 3.63) is 52.8 Å². The monoisotopic (exact) mass is 431 g/mol. The van der Waals surface area contributed by atoms with Crippen LogP contribution in [0.4, 0.5) is 10.1 Å². The predicted octanol–water partition coefficient (Wildman–Crippen LogP) is 3.37. The van der Waals surface area contributed by atoms with Gasteiger partial charge >= 0.3 is 0 Å². The Bertz CT molecular complexity index is 989. The number of hydrogen-bond donors (Lipinski definition) is 2. The third-order valence-corrected chi connectivity index (χ3v) is 3.78. The Kier molecular flexibility index (Phi) is 8.66. The molecular weight excluding hydrogens is 413 g/mol. The van der Waals surface area contributed by atoms with E-state index in [0.29, 0.717) is 23.7 Å². The van der Waals surface area contributed by atoms with Crippen molar-refractivity contribution in [3.8, 4) is 23.8 Å². The van der Waals surface area contributed by atoms with Crippen LogP contribution in [0.2, 0.25) is 5.02 Å². The van der Waals surface area contributed by atoms with Gasteiger partial charge in [0.05, 0.1) is 23.5 Å². The van der Waals surface area contributed by atoms with E-state index in [1.165, 1.54) is 24.4 Å². The Morgan fingerprint density at radius 1 is 1.27 bits per heavy atom. The highest BCUT2D eigenvalue weighted by Gasteiger charge is 2.13.